The Morgan fingerprint density at radius 3 is 2.70 bits per heavy atom. The summed E-state index contributed by atoms with van der Waals surface area (Å²) < 4.78 is 0. The number of β-amino-alcohol motifs (C(OH)–C–C–N with tert-alkyl or cyclic N) is 1. The SMILES string of the molecule is Cc1ccccc1C(O)CN1CCC2CCCCC2C1. The third-order valence-electron chi connectivity index (χ3n) is 5.35. The predicted octanol–water partition coefficient (Wildman–Crippen LogP) is 3.54. The van der Waals surface area contributed by atoms with Crippen LogP contribution in [-0.4, -0.2) is 29.6 Å². The highest BCUT2D eigenvalue weighted by Gasteiger charge is 2.31. The van der Waals surface area contributed by atoms with Gasteiger partial charge in [-0.25, -0.2) is 0 Å². The molecule has 2 fully saturated rings. The van der Waals surface area contributed by atoms with Crippen molar-refractivity contribution in [3.8, 4) is 0 Å². The normalized spacial score (nSPS) is 28.9. The van der Waals surface area contributed by atoms with Crippen LogP contribution in [-0.2, 0) is 0 Å². The minimum atomic E-state index is -0.337. The van der Waals surface area contributed by atoms with E-state index in [2.05, 4.69) is 24.0 Å². The van der Waals surface area contributed by atoms with E-state index in [4.69, 9.17) is 0 Å². The number of aryl methyl sites for hydroxylation is 1. The van der Waals surface area contributed by atoms with Crippen molar-refractivity contribution in [2.24, 2.45) is 11.8 Å². The van der Waals surface area contributed by atoms with Crippen molar-refractivity contribution in [1.82, 2.24) is 4.90 Å². The number of benzene rings is 1. The van der Waals surface area contributed by atoms with Gasteiger partial charge < -0.3 is 10.0 Å². The second-order valence-corrected chi connectivity index (χ2v) is 6.73. The molecule has 1 heterocycles. The van der Waals surface area contributed by atoms with Gasteiger partial charge in [0.15, 0.2) is 0 Å². The Morgan fingerprint density at radius 2 is 1.90 bits per heavy atom. The average molecular weight is 273 g/mol. The molecule has 110 valence electrons. The second kappa shape index (κ2) is 6.28. The summed E-state index contributed by atoms with van der Waals surface area (Å²) in [5.41, 5.74) is 2.30. The van der Waals surface area contributed by atoms with Gasteiger partial charge in [-0.3, -0.25) is 0 Å². The van der Waals surface area contributed by atoms with Crippen LogP contribution in [0.3, 0.4) is 0 Å². The molecule has 1 saturated carbocycles. The van der Waals surface area contributed by atoms with Gasteiger partial charge in [0, 0.05) is 13.1 Å². The summed E-state index contributed by atoms with van der Waals surface area (Å²) in [6.45, 7) is 5.26. The lowest BCUT2D eigenvalue weighted by Gasteiger charge is -2.42. The highest BCUT2D eigenvalue weighted by atomic mass is 16.3. The van der Waals surface area contributed by atoms with Crippen molar-refractivity contribution in [1.29, 1.82) is 0 Å². The van der Waals surface area contributed by atoms with E-state index in [-0.39, 0.29) is 6.10 Å². The Kier molecular flexibility index (Phi) is 4.42. The van der Waals surface area contributed by atoms with Gasteiger partial charge in [0.2, 0.25) is 0 Å². The Hall–Kier alpha value is -0.860. The number of fused-ring (bicyclic) bond motifs is 1. The second-order valence-electron chi connectivity index (χ2n) is 6.73. The molecule has 20 heavy (non-hydrogen) atoms. The Labute approximate surface area is 122 Å². The zero-order valence-electron chi connectivity index (χ0n) is 12.6. The molecule has 1 saturated heterocycles. The van der Waals surface area contributed by atoms with Gasteiger partial charge in [0.05, 0.1) is 6.10 Å². The molecule has 2 aliphatic rings. The number of rotatable bonds is 3. The van der Waals surface area contributed by atoms with Gasteiger partial charge in [-0.1, -0.05) is 43.5 Å². The fourth-order valence-electron chi connectivity index (χ4n) is 4.15. The van der Waals surface area contributed by atoms with Crippen LogP contribution in [0, 0.1) is 18.8 Å². The van der Waals surface area contributed by atoms with Crippen molar-refractivity contribution in [3.63, 3.8) is 0 Å². The molecule has 3 rings (SSSR count). The fraction of sp³-hybridized carbons (Fsp3) is 0.667. The molecule has 0 aromatic heterocycles. The maximum absolute atomic E-state index is 10.5. The first-order valence-corrected chi connectivity index (χ1v) is 8.20. The number of nitrogens with zero attached hydrogens (tertiary/aromatic N) is 1. The van der Waals surface area contributed by atoms with E-state index in [9.17, 15) is 5.11 Å². The molecule has 0 radical (unpaired) electrons. The summed E-state index contributed by atoms with van der Waals surface area (Å²) in [4.78, 5) is 2.49. The molecule has 1 aliphatic heterocycles. The van der Waals surface area contributed by atoms with Gasteiger partial charge in [0.25, 0.3) is 0 Å². The van der Waals surface area contributed by atoms with Crippen molar-refractivity contribution in [2.75, 3.05) is 19.6 Å². The summed E-state index contributed by atoms with van der Waals surface area (Å²) in [6.07, 6.45) is 6.70. The molecule has 1 aliphatic carbocycles. The van der Waals surface area contributed by atoms with Gasteiger partial charge in [-0.05, 0) is 49.3 Å². The number of aliphatic hydroxyl groups excluding tert-OH is 1. The highest BCUT2D eigenvalue weighted by Crippen LogP contribution is 2.36. The highest BCUT2D eigenvalue weighted by molar-refractivity contribution is 5.27. The topological polar surface area (TPSA) is 23.5 Å². The van der Waals surface area contributed by atoms with E-state index in [0.29, 0.717) is 0 Å². The van der Waals surface area contributed by atoms with E-state index in [0.717, 1.165) is 23.9 Å². The third-order valence-corrected chi connectivity index (χ3v) is 5.35. The maximum Gasteiger partial charge on any atom is 0.0919 e. The maximum atomic E-state index is 10.5. The number of hydrogen-bond donors (Lipinski definition) is 1. The molecular weight excluding hydrogens is 246 g/mol. The van der Waals surface area contributed by atoms with Crippen LogP contribution in [0.2, 0.25) is 0 Å². The van der Waals surface area contributed by atoms with Crippen LogP contribution in [0.4, 0.5) is 0 Å². The lowest BCUT2D eigenvalue weighted by atomic mass is 9.75. The molecule has 1 aromatic carbocycles. The van der Waals surface area contributed by atoms with Gasteiger partial charge in [0.1, 0.15) is 0 Å². The largest absolute Gasteiger partial charge is 0.387 e. The van der Waals surface area contributed by atoms with E-state index in [1.807, 2.05) is 12.1 Å². The first-order valence-electron chi connectivity index (χ1n) is 8.20. The minimum Gasteiger partial charge on any atom is -0.387 e. The predicted molar refractivity (Wildman–Crippen MR) is 82.6 cm³/mol. The lowest BCUT2D eigenvalue weighted by molar-refractivity contribution is 0.0458. The van der Waals surface area contributed by atoms with E-state index >= 15 is 0 Å². The molecule has 0 bridgehead atoms. The Balaban J connectivity index is 1.59. The summed E-state index contributed by atoms with van der Waals surface area (Å²) in [5, 5.41) is 10.5. The summed E-state index contributed by atoms with van der Waals surface area (Å²) in [7, 11) is 0. The molecule has 1 N–H and O–H groups in total. The van der Waals surface area contributed by atoms with E-state index < -0.39 is 0 Å². The van der Waals surface area contributed by atoms with Crippen LogP contribution < -0.4 is 0 Å². The average Bonchev–Trinajstić information content (AvgIpc) is 2.47. The Bertz CT molecular complexity index is 445. The number of likely N-dealkylation sites (tertiary alicyclic amines) is 1. The molecule has 3 atom stereocenters. The molecule has 2 heteroatoms. The molecule has 0 spiro atoms. The van der Waals surface area contributed by atoms with E-state index in [1.54, 1.807) is 0 Å². The quantitative estimate of drug-likeness (QED) is 0.910. The first-order chi connectivity index (χ1) is 9.74. The van der Waals surface area contributed by atoms with Gasteiger partial charge in [-0.2, -0.15) is 0 Å². The summed E-state index contributed by atoms with van der Waals surface area (Å²) >= 11 is 0. The number of piperidine rings is 1. The number of aliphatic hydroxyl groups is 1. The first kappa shape index (κ1) is 14.1. The summed E-state index contributed by atoms with van der Waals surface area (Å²) in [6, 6.07) is 8.22. The van der Waals surface area contributed by atoms with Crippen molar-refractivity contribution >= 4 is 0 Å². The van der Waals surface area contributed by atoms with Gasteiger partial charge >= 0.3 is 0 Å². The minimum absolute atomic E-state index is 0.337. The van der Waals surface area contributed by atoms with Crippen LogP contribution in [0.15, 0.2) is 24.3 Å². The van der Waals surface area contributed by atoms with Crippen molar-refractivity contribution in [2.45, 2.75) is 45.1 Å². The van der Waals surface area contributed by atoms with Crippen molar-refractivity contribution < 1.29 is 5.11 Å². The molecule has 2 nitrogen and oxygen atoms in total. The molecule has 1 aromatic rings. The smallest absolute Gasteiger partial charge is 0.0919 e. The fourth-order valence-corrected chi connectivity index (χ4v) is 4.15. The lowest BCUT2D eigenvalue weighted by Crippen LogP contribution is -2.43. The Morgan fingerprint density at radius 1 is 1.15 bits per heavy atom. The van der Waals surface area contributed by atoms with E-state index in [1.165, 1.54) is 50.8 Å². The number of hydrogen-bond acceptors (Lipinski definition) is 2. The molecular formula is C18H27NO. The zero-order valence-corrected chi connectivity index (χ0v) is 12.6. The molecule has 0 amide bonds. The summed E-state index contributed by atoms with van der Waals surface area (Å²) in [5.74, 6) is 1.86. The molecule has 3 unspecified atom stereocenters. The zero-order chi connectivity index (χ0) is 13.9. The van der Waals surface area contributed by atoms with Crippen LogP contribution >= 0.6 is 0 Å². The van der Waals surface area contributed by atoms with Crippen LogP contribution in [0.25, 0.3) is 0 Å². The standard InChI is InChI=1S/C18H27NO/c1-14-6-2-5-9-17(14)18(20)13-19-11-10-15-7-3-4-8-16(15)12-19/h2,5-6,9,15-16,18,20H,3-4,7-8,10-13H2,1H3. The van der Waals surface area contributed by atoms with Crippen molar-refractivity contribution in [3.05, 3.63) is 35.4 Å². The van der Waals surface area contributed by atoms with Gasteiger partial charge in [-0.15, -0.1) is 0 Å². The van der Waals surface area contributed by atoms with Crippen LogP contribution in [0.5, 0.6) is 0 Å². The van der Waals surface area contributed by atoms with Crippen LogP contribution in [0.1, 0.15) is 49.3 Å². The third kappa shape index (κ3) is 3.07. The monoisotopic (exact) mass is 273 g/mol.